The fourth-order valence-electron chi connectivity index (χ4n) is 2.88. The van der Waals surface area contributed by atoms with Crippen molar-refractivity contribution < 1.29 is 13.2 Å². The molecule has 2 saturated heterocycles. The first-order valence-electron chi connectivity index (χ1n) is 6.62. The van der Waals surface area contributed by atoms with Crippen LogP contribution in [0.25, 0.3) is 0 Å². The van der Waals surface area contributed by atoms with Crippen LogP contribution in [0.3, 0.4) is 0 Å². The standard InChI is InChI=1S/C12H23NO3S2/c1-10(13)9-18(14,15)11-2-5-16-12(8-11)3-6-17-7-4-12/h10-11H,2-9,13H2,1H3. The SMILES string of the molecule is CC(N)CS(=O)(=O)C1CCOC2(CCSCC2)C1. The summed E-state index contributed by atoms with van der Waals surface area (Å²) in [6.45, 7) is 2.33. The first-order valence-corrected chi connectivity index (χ1v) is 9.49. The molecule has 6 heteroatoms. The van der Waals surface area contributed by atoms with Crippen molar-refractivity contribution >= 4 is 21.6 Å². The Hall–Kier alpha value is 0.220. The minimum Gasteiger partial charge on any atom is -0.375 e. The van der Waals surface area contributed by atoms with Gasteiger partial charge in [-0.25, -0.2) is 8.42 Å². The van der Waals surface area contributed by atoms with Gasteiger partial charge in [0, 0.05) is 12.6 Å². The van der Waals surface area contributed by atoms with E-state index >= 15 is 0 Å². The molecule has 2 aliphatic heterocycles. The number of nitrogens with two attached hydrogens (primary N) is 1. The normalized spacial score (nSPS) is 30.2. The Labute approximate surface area is 114 Å². The molecular formula is C12H23NO3S2. The van der Waals surface area contributed by atoms with Crippen molar-refractivity contribution in [2.24, 2.45) is 5.73 Å². The first kappa shape index (κ1) is 14.6. The van der Waals surface area contributed by atoms with Crippen molar-refractivity contribution in [1.29, 1.82) is 0 Å². The molecule has 0 radical (unpaired) electrons. The second-order valence-corrected chi connectivity index (χ2v) is 9.12. The largest absolute Gasteiger partial charge is 0.375 e. The van der Waals surface area contributed by atoms with Gasteiger partial charge in [-0.1, -0.05) is 0 Å². The van der Waals surface area contributed by atoms with Gasteiger partial charge in [-0.05, 0) is 44.1 Å². The van der Waals surface area contributed by atoms with Crippen LogP contribution in [0.2, 0.25) is 0 Å². The molecule has 2 rings (SSSR count). The predicted molar refractivity (Wildman–Crippen MR) is 75.7 cm³/mol. The Balaban J connectivity index is 2.06. The summed E-state index contributed by atoms with van der Waals surface area (Å²) in [5.74, 6) is 2.27. The maximum atomic E-state index is 12.3. The van der Waals surface area contributed by atoms with Crippen LogP contribution in [0.5, 0.6) is 0 Å². The van der Waals surface area contributed by atoms with Gasteiger partial charge in [0.15, 0.2) is 9.84 Å². The van der Waals surface area contributed by atoms with Crippen LogP contribution in [0.4, 0.5) is 0 Å². The van der Waals surface area contributed by atoms with Gasteiger partial charge in [-0.15, -0.1) is 0 Å². The van der Waals surface area contributed by atoms with Gasteiger partial charge in [-0.2, -0.15) is 11.8 Å². The predicted octanol–water partition coefficient (Wildman–Crippen LogP) is 1.19. The highest BCUT2D eigenvalue weighted by molar-refractivity contribution is 7.99. The summed E-state index contributed by atoms with van der Waals surface area (Å²) in [7, 11) is -3.07. The molecule has 0 bridgehead atoms. The van der Waals surface area contributed by atoms with E-state index in [1.54, 1.807) is 6.92 Å². The van der Waals surface area contributed by atoms with Gasteiger partial charge >= 0.3 is 0 Å². The van der Waals surface area contributed by atoms with Crippen LogP contribution < -0.4 is 5.73 Å². The Morgan fingerprint density at radius 3 is 2.72 bits per heavy atom. The Morgan fingerprint density at radius 1 is 1.44 bits per heavy atom. The Kier molecular flexibility index (Phi) is 4.62. The van der Waals surface area contributed by atoms with E-state index in [0.717, 1.165) is 24.3 Å². The molecule has 2 aliphatic rings. The minimum absolute atomic E-state index is 0.0997. The molecule has 18 heavy (non-hydrogen) atoms. The highest BCUT2D eigenvalue weighted by Gasteiger charge is 2.42. The quantitative estimate of drug-likeness (QED) is 0.846. The van der Waals surface area contributed by atoms with Crippen LogP contribution >= 0.6 is 11.8 Å². The van der Waals surface area contributed by atoms with Crippen LogP contribution in [-0.4, -0.2) is 49.2 Å². The van der Waals surface area contributed by atoms with E-state index in [4.69, 9.17) is 10.5 Å². The lowest BCUT2D eigenvalue weighted by molar-refractivity contribution is -0.0813. The highest BCUT2D eigenvalue weighted by Crippen LogP contribution is 2.39. The maximum absolute atomic E-state index is 12.3. The zero-order valence-electron chi connectivity index (χ0n) is 10.9. The average molecular weight is 293 g/mol. The molecule has 2 fully saturated rings. The third-order valence-electron chi connectivity index (χ3n) is 3.85. The third-order valence-corrected chi connectivity index (χ3v) is 7.25. The third kappa shape index (κ3) is 3.40. The van der Waals surface area contributed by atoms with E-state index in [-0.39, 0.29) is 22.6 Å². The summed E-state index contributed by atoms with van der Waals surface area (Å²) >= 11 is 1.93. The lowest BCUT2D eigenvalue weighted by Crippen LogP contribution is -2.48. The van der Waals surface area contributed by atoms with E-state index in [1.165, 1.54) is 0 Å². The van der Waals surface area contributed by atoms with Crippen LogP contribution in [0.15, 0.2) is 0 Å². The Morgan fingerprint density at radius 2 is 2.11 bits per heavy atom. The molecule has 4 nitrogen and oxygen atoms in total. The number of thioether (sulfide) groups is 1. The molecule has 106 valence electrons. The summed E-state index contributed by atoms with van der Waals surface area (Å²) in [5.41, 5.74) is 5.47. The number of sulfone groups is 1. The summed E-state index contributed by atoms with van der Waals surface area (Å²) < 4.78 is 30.5. The summed E-state index contributed by atoms with van der Waals surface area (Å²) in [6, 6.07) is -0.282. The fraction of sp³-hybridized carbons (Fsp3) is 1.00. The molecule has 2 unspecified atom stereocenters. The van der Waals surface area contributed by atoms with Gasteiger partial charge in [-0.3, -0.25) is 0 Å². The van der Waals surface area contributed by atoms with Crippen LogP contribution in [0, 0.1) is 0 Å². The monoisotopic (exact) mass is 293 g/mol. The van der Waals surface area contributed by atoms with E-state index in [0.29, 0.717) is 19.4 Å². The van der Waals surface area contributed by atoms with E-state index in [2.05, 4.69) is 0 Å². The van der Waals surface area contributed by atoms with Gasteiger partial charge in [0.25, 0.3) is 0 Å². The number of ether oxygens (including phenoxy) is 1. The van der Waals surface area contributed by atoms with Crippen LogP contribution in [0.1, 0.15) is 32.6 Å². The average Bonchev–Trinajstić information content (AvgIpc) is 2.28. The molecule has 2 heterocycles. The molecule has 0 saturated carbocycles. The smallest absolute Gasteiger partial charge is 0.154 e. The second kappa shape index (κ2) is 5.69. The molecule has 0 amide bonds. The molecule has 2 N–H and O–H groups in total. The molecule has 1 spiro atoms. The van der Waals surface area contributed by atoms with Gasteiger partial charge in [0.05, 0.1) is 16.6 Å². The topological polar surface area (TPSA) is 69.4 Å². The zero-order valence-corrected chi connectivity index (χ0v) is 12.6. The van der Waals surface area contributed by atoms with Gasteiger partial charge < -0.3 is 10.5 Å². The molecule has 0 aliphatic carbocycles. The lowest BCUT2D eigenvalue weighted by Gasteiger charge is -2.43. The van der Waals surface area contributed by atoms with Crippen molar-refractivity contribution in [2.75, 3.05) is 23.9 Å². The number of hydrogen-bond donors (Lipinski definition) is 1. The second-order valence-electron chi connectivity index (χ2n) is 5.57. The summed E-state index contributed by atoms with van der Waals surface area (Å²) in [4.78, 5) is 0. The number of hydrogen-bond acceptors (Lipinski definition) is 5. The highest BCUT2D eigenvalue weighted by atomic mass is 32.2. The van der Waals surface area contributed by atoms with Crippen molar-refractivity contribution in [3.05, 3.63) is 0 Å². The first-order chi connectivity index (χ1) is 8.44. The molecule has 0 aromatic heterocycles. The van der Waals surface area contributed by atoms with Crippen molar-refractivity contribution in [3.8, 4) is 0 Å². The fourth-order valence-corrected chi connectivity index (χ4v) is 6.14. The van der Waals surface area contributed by atoms with Crippen molar-refractivity contribution in [3.63, 3.8) is 0 Å². The van der Waals surface area contributed by atoms with Crippen molar-refractivity contribution in [2.45, 2.75) is 49.5 Å². The summed E-state index contributed by atoms with van der Waals surface area (Å²) in [6.07, 6.45) is 3.27. The number of rotatable bonds is 3. The minimum atomic E-state index is -3.07. The molecule has 0 aromatic rings. The maximum Gasteiger partial charge on any atom is 0.154 e. The zero-order chi connectivity index (χ0) is 13.2. The van der Waals surface area contributed by atoms with E-state index in [1.807, 2.05) is 11.8 Å². The molecule has 2 atom stereocenters. The van der Waals surface area contributed by atoms with Gasteiger partial charge in [0.2, 0.25) is 0 Å². The van der Waals surface area contributed by atoms with Crippen LogP contribution in [-0.2, 0) is 14.6 Å². The van der Waals surface area contributed by atoms with E-state index < -0.39 is 9.84 Å². The van der Waals surface area contributed by atoms with Crippen molar-refractivity contribution in [1.82, 2.24) is 0 Å². The summed E-state index contributed by atoms with van der Waals surface area (Å²) in [5, 5.41) is -0.250. The van der Waals surface area contributed by atoms with Gasteiger partial charge in [0.1, 0.15) is 0 Å². The lowest BCUT2D eigenvalue weighted by atomic mass is 9.88. The molecule has 0 aromatic carbocycles. The molecular weight excluding hydrogens is 270 g/mol. The van der Waals surface area contributed by atoms with E-state index in [9.17, 15) is 8.42 Å². The Bertz CT molecular complexity index is 369.